The van der Waals surface area contributed by atoms with Crippen LogP contribution >= 0.6 is 23.5 Å². The maximum atomic E-state index is 12.1. The largest absolute Gasteiger partial charge is 0.332 e. The second-order valence-electron chi connectivity index (χ2n) is 6.10. The molecule has 130 valence electrons. The molecular weight excluding hydrogens is 316 g/mol. The van der Waals surface area contributed by atoms with Gasteiger partial charge in [0.1, 0.15) is 0 Å². The van der Waals surface area contributed by atoms with E-state index in [1.54, 1.807) is 0 Å². The average Bonchev–Trinajstić information content (AvgIpc) is 2.46. The van der Waals surface area contributed by atoms with E-state index >= 15 is 0 Å². The molecule has 22 heavy (non-hydrogen) atoms. The van der Waals surface area contributed by atoms with Crippen LogP contribution in [0.5, 0.6) is 0 Å². The van der Waals surface area contributed by atoms with Gasteiger partial charge in [0.05, 0.1) is 0 Å². The van der Waals surface area contributed by atoms with Gasteiger partial charge in [-0.25, -0.2) is 0 Å². The summed E-state index contributed by atoms with van der Waals surface area (Å²) in [5, 5.41) is 0.240. The Morgan fingerprint density at radius 1 is 0.773 bits per heavy atom. The predicted octanol–water partition coefficient (Wildman–Crippen LogP) is 4.65. The Bertz CT molecular complexity index is 304. The van der Waals surface area contributed by atoms with Crippen molar-refractivity contribution < 1.29 is 9.59 Å². The van der Waals surface area contributed by atoms with Crippen molar-refractivity contribution in [3.8, 4) is 0 Å². The number of hydrogen-bond donors (Lipinski definition) is 0. The first kappa shape index (κ1) is 21.6. The van der Waals surface area contributed by atoms with E-state index < -0.39 is 0 Å². The number of carbonyl (C=O) groups is 2. The Morgan fingerprint density at radius 3 is 1.32 bits per heavy atom. The Kier molecular flexibility index (Phi) is 11.9. The second kappa shape index (κ2) is 12.1. The van der Waals surface area contributed by atoms with Crippen LogP contribution in [0.2, 0.25) is 0 Å². The molecule has 4 nitrogen and oxygen atoms in total. The SMILES string of the molecule is CCN(CCN(CC)C(=O)SCC(C)C)C(=O)SCC(C)C. The highest BCUT2D eigenvalue weighted by molar-refractivity contribution is 8.13. The van der Waals surface area contributed by atoms with Gasteiger partial charge in [-0.3, -0.25) is 9.59 Å². The number of likely N-dealkylation sites (N-methyl/N-ethyl adjacent to an activating group) is 2. The Balaban J connectivity index is 4.32. The second-order valence-corrected chi connectivity index (χ2v) is 8.04. The smallest absolute Gasteiger partial charge is 0.281 e. The summed E-state index contributed by atoms with van der Waals surface area (Å²) in [6.07, 6.45) is 0. The van der Waals surface area contributed by atoms with E-state index in [1.807, 2.05) is 23.6 Å². The van der Waals surface area contributed by atoms with Crippen LogP contribution in [0.25, 0.3) is 0 Å². The summed E-state index contributed by atoms with van der Waals surface area (Å²) < 4.78 is 0. The molecule has 0 aliphatic rings. The molecule has 0 saturated heterocycles. The number of carbonyl (C=O) groups excluding carboxylic acids is 2. The Hall–Kier alpha value is -0.360. The predicted molar refractivity (Wildman–Crippen MR) is 99.9 cm³/mol. The average molecular weight is 349 g/mol. The number of thioether (sulfide) groups is 2. The van der Waals surface area contributed by atoms with Gasteiger partial charge in [-0.15, -0.1) is 0 Å². The number of hydrogen-bond acceptors (Lipinski definition) is 4. The maximum absolute atomic E-state index is 12.1. The third kappa shape index (κ3) is 9.62. The molecule has 0 fully saturated rings. The van der Waals surface area contributed by atoms with E-state index in [9.17, 15) is 9.59 Å². The van der Waals surface area contributed by atoms with Crippen LogP contribution in [0.4, 0.5) is 9.59 Å². The zero-order valence-corrected chi connectivity index (χ0v) is 16.6. The highest BCUT2D eigenvalue weighted by Crippen LogP contribution is 2.15. The zero-order valence-electron chi connectivity index (χ0n) is 14.9. The van der Waals surface area contributed by atoms with Gasteiger partial charge < -0.3 is 9.80 Å². The van der Waals surface area contributed by atoms with Crippen molar-refractivity contribution >= 4 is 34.0 Å². The van der Waals surface area contributed by atoms with Crippen LogP contribution in [-0.4, -0.2) is 58.0 Å². The lowest BCUT2D eigenvalue weighted by Crippen LogP contribution is -2.38. The lowest BCUT2D eigenvalue weighted by Gasteiger charge is -2.26. The van der Waals surface area contributed by atoms with Gasteiger partial charge in [0, 0.05) is 37.7 Å². The topological polar surface area (TPSA) is 40.6 Å². The van der Waals surface area contributed by atoms with E-state index in [0.29, 0.717) is 38.0 Å². The summed E-state index contributed by atoms with van der Waals surface area (Å²) in [5.74, 6) is 2.70. The fourth-order valence-electron chi connectivity index (χ4n) is 1.66. The highest BCUT2D eigenvalue weighted by atomic mass is 32.2. The summed E-state index contributed by atoms with van der Waals surface area (Å²) in [5.41, 5.74) is 0. The van der Waals surface area contributed by atoms with Crippen molar-refractivity contribution in [2.24, 2.45) is 11.8 Å². The van der Waals surface area contributed by atoms with E-state index in [-0.39, 0.29) is 10.5 Å². The molecule has 0 aliphatic carbocycles. The van der Waals surface area contributed by atoms with Gasteiger partial charge in [0.2, 0.25) is 0 Å². The lowest BCUT2D eigenvalue weighted by atomic mass is 10.3. The van der Waals surface area contributed by atoms with E-state index in [0.717, 1.165) is 11.5 Å². The molecule has 0 aromatic carbocycles. The van der Waals surface area contributed by atoms with Crippen LogP contribution < -0.4 is 0 Å². The molecule has 0 aromatic heterocycles. The van der Waals surface area contributed by atoms with Crippen molar-refractivity contribution in [3.63, 3.8) is 0 Å². The molecule has 0 heterocycles. The van der Waals surface area contributed by atoms with E-state index in [4.69, 9.17) is 0 Å². The summed E-state index contributed by atoms with van der Waals surface area (Å²) in [7, 11) is 0. The molecule has 2 amide bonds. The van der Waals surface area contributed by atoms with Gasteiger partial charge >= 0.3 is 0 Å². The molecule has 0 unspecified atom stereocenters. The van der Waals surface area contributed by atoms with Gasteiger partial charge in [-0.05, 0) is 25.7 Å². The number of amides is 2. The molecule has 6 heteroatoms. The quantitative estimate of drug-likeness (QED) is 0.608. The van der Waals surface area contributed by atoms with Crippen LogP contribution in [0.15, 0.2) is 0 Å². The fourth-order valence-corrected chi connectivity index (χ4v) is 3.41. The first-order chi connectivity index (χ1) is 10.3. The van der Waals surface area contributed by atoms with Crippen molar-refractivity contribution in [2.75, 3.05) is 37.7 Å². The molecular formula is C16H32N2O2S2. The molecule has 0 saturated carbocycles. The Labute approximate surface area is 144 Å². The van der Waals surface area contributed by atoms with Crippen molar-refractivity contribution in [2.45, 2.75) is 41.5 Å². The van der Waals surface area contributed by atoms with Gasteiger partial charge in [0.25, 0.3) is 10.5 Å². The van der Waals surface area contributed by atoms with Crippen LogP contribution in [0, 0.1) is 11.8 Å². The van der Waals surface area contributed by atoms with Crippen molar-refractivity contribution in [3.05, 3.63) is 0 Å². The third-order valence-corrected chi connectivity index (χ3v) is 5.68. The fraction of sp³-hybridized carbons (Fsp3) is 0.875. The van der Waals surface area contributed by atoms with Crippen LogP contribution in [0.3, 0.4) is 0 Å². The van der Waals surface area contributed by atoms with Crippen molar-refractivity contribution in [1.82, 2.24) is 9.80 Å². The van der Waals surface area contributed by atoms with Gasteiger partial charge in [0.15, 0.2) is 0 Å². The normalized spacial score (nSPS) is 11.1. The maximum Gasteiger partial charge on any atom is 0.281 e. The molecule has 0 spiro atoms. The molecule has 0 radical (unpaired) electrons. The highest BCUT2D eigenvalue weighted by Gasteiger charge is 2.17. The Morgan fingerprint density at radius 2 is 1.09 bits per heavy atom. The molecule has 0 aromatic rings. The first-order valence-electron chi connectivity index (χ1n) is 8.15. The zero-order chi connectivity index (χ0) is 17.1. The minimum atomic E-state index is 0.120. The minimum Gasteiger partial charge on any atom is -0.332 e. The minimum absolute atomic E-state index is 0.120. The monoisotopic (exact) mass is 348 g/mol. The molecule has 0 rings (SSSR count). The van der Waals surface area contributed by atoms with Crippen LogP contribution in [-0.2, 0) is 0 Å². The summed E-state index contributed by atoms with van der Waals surface area (Å²) in [6.45, 7) is 15.0. The summed E-state index contributed by atoms with van der Waals surface area (Å²) >= 11 is 2.75. The lowest BCUT2D eigenvalue weighted by molar-refractivity contribution is 0.205. The van der Waals surface area contributed by atoms with Gasteiger partial charge in [-0.1, -0.05) is 51.2 Å². The number of rotatable bonds is 9. The van der Waals surface area contributed by atoms with Crippen molar-refractivity contribution in [1.29, 1.82) is 0 Å². The standard InChI is InChI=1S/C16H32N2O2S2/c1-7-17(15(19)21-11-13(3)4)9-10-18(8-2)16(20)22-12-14(5)6/h13-14H,7-12H2,1-6H3. The molecule has 0 aliphatic heterocycles. The molecule has 0 atom stereocenters. The summed E-state index contributed by atoms with van der Waals surface area (Å²) in [6, 6.07) is 0. The van der Waals surface area contributed by atoms with E-state index in [2.05, 4.69) is 27.7 Å². The van der Waals surface area contributed by atoms with E-state index in [1.165, 1.54) is 23.5 Å². The third-order valence-electron chi connectivity index (χ3n) is 3.00. The molecule has 0 bridgehead atoms. The number of nitrogens with zero attached hydrogens (tertiary/aromatic N) is 2. The first-order valence-corrected chi connectivity index (χ1v) is 10.1. The summed E-state index contributed by atoms with van der Waals surface area (Å²) in [4.78, 5) is 27.9. The molecule has 0 N–H and O–H groups in total. The van der Waals surface area contributed by atoms with Crippen LogP contribution in [0.1, 0.15) is 41.5 Å². The van der Waals surface area contributed by atoms with Gasteiger partial charge in [-0.2, -0.15) is 0 Å².